The highest BCUT2D eigenvalue weighted by Crippen LogP contribution is 2.12. The minimum Gasteiger partial charge on any atom is -0.396 e. The molecule has 0 unspecified atom stereocenters. The van der Waals surface area contributed by atoms with Gasteiger partial charge in [0.15, 0.2) is 0 Å². The maximum atomic E-state index is 11.5. The first kappa shape index (κ1) is 13.3. The molecular weight excluding hydrogens is 216 g/mol. The lowest BCUT2D eigenvalue weighted by Gasteiger charge is -2.20. The molecule has 5 nitrogen and oxygen atoms in total. The number of carbonyl (C=O) groups is 1. The first-order valence-electron chi connectivity index (χ1n) is 5.64. The Labute approximate surface area is 102 Å². The van der Waals surface area contributed by atoms with Gasteiger partial charge in [0.2, 0.25) is 5.91 Å². The summed E-state index contributed by atoms with van der Waals surface area (Å²) in [5, 5.41) is 5.92. The molecule has 0 aliphatic rings. The fraction of sp³-hybridized carbons (Fsp3) is 0.500. The number of nitrogens with zero attached hydrogens (tertiary/aromatic N) is 1. The Morgan fingerprint density at radius 3 is 2.76 bits per heavy atom. The van der Waals surface area contributed by atoms with Gasteiger partial charge in [0.1, 0.15) is 5.82 Å². The number of nitrogens with one attached hydrogen (secondary N) is 2. The molecule has 0 aromatic carbocycles. The number of hydrogen-bond acceptors (Lipinski definition) is 4. The van der Waals surface area contributed by atoms with E-state index in [9.17, 15) is 4.79 Å². The normalized spacial score (nSPS) is 11.0. The first-order chi connectivity index (χ1) is 7.88. The summed E-state index contributed by atoms with van der Waals surface area (Å²) >= 11 is 0. The molecule has 0 atom stereocenters. The summed E-state index contributed by atoms with van der Waals surface area (Å²) in [4.78, 5) is 15.6. The van der Waals surface area contributed by atoms with Crippen molar-refractivity contribution in [3.63, 3.8) is 0 Å². The fourth-order valence-corrected chi connectivity index (χ4v) is 1.34. The Kier molecular flexibility index (Phi) is 4.31. The van der Waals surface area contributed by atoms with Crippen molar-refractivity contribution in [1.82, 2.24) is 10.3 Å². The topological polar surface area (TPSA) is 80.0 Å². The number of aromatic nitrogens is 1. The minimum absolute atomic E-state index is 0.0134. The van der Waals surface area contributed by atoms with Gasteiger partial charge in [-0.05, 0) is 32.9 Å². The van der Waals surface area contributed by atoms with Crippen molar-refractivity contribution in [3.8, 4) is 0 Å². The van der Waals surface area contributed by atoms with Crippen LogP contribution in [0.15, 0.2) is 18.3 Å². The summed E-state index contributed by atoms with van der Waals surface area (Å²) in [5.74, 6) is 0.635. The van der Waals surface area contributed by atoms with E-state index in [1.54, 1.807) is 18.3 Å². The van der Waals surface area contributed by atoms with Gasteiger partial charge in [-0.2, -0.15) is 0 Å². The monoisotopic (exact) mass is 236 g/mol. The second kappa shape index (κ2) is 5.52. The smallest absolute Gasteiger partial charge is 0.222 e. The van der Waals surface area contributed by atoms with Gasteiger partial charge in [0.05, 0.1) is 5.69 Å². The van der Waals surface area contributed by atoms with Crippen molar-refractivity contribution in [2.24, 2.45) is 0 Å². The van der Waals surface area contributed by atoms with Crippen molar-refractivity contribution < 1.29 is 4.79 Å². The third-order valence-corrected chi connectivity index (χ3v) is 2.00. The van der Waals surface area contributed by atoms with E-state index >= 15 is 0 Å². The molecule has 0 saturated heterocycles. The number of carbonyl (C=O) groups excluding carboxylic acids is 1. The lowest BCUT2D eigenvalue weighted by Crippen LogP contribution is -2.41. The molecular formula is C12H20N4O. The van der Waals surface area contributed by atoms with Gasteiger partial charge in [-0.3, -0.25) is 4.79 Å². The molecule has 0 aliphatic heterocycles. The van der Waals surface area contributed by atoms with Crippen LogP contribution in [0.3, 0.4) is 0 Å². The average molecular weight is 236 g/mol. The third kappa shape index (κ3) is 5.19. The zero-order valence-electron chi connectivity index (χ0n) is 10.6. The maximum absolute atomic E-state index is 11.5. The fourth-order valence-electron chi connectivity index (χ4n) is 1.34. The standard InChI is InChI=1S/C12H20N4O/c1-12(2,3)16-10(17)6-8-15-11-9(13)5-4-7-14-11/h4-5,7H,6,8,13H2,1-3H3,(H,14,15)(H,16,17). The maximum Gasteiger partial charge on any atom is 0.222 e. The molecule has 1 heterocycles. The quantitative estimate of drug-likeness (QED) is 0.738. The van der Waals surface area contributed by atoms with Gasteiger partial charge in [-0.25, -0.2) is 4.98 Å². The van der Waals surface area contributed by atoms with E-state index in [-0.39, 0.29) is 11.4 Å². The van der Waals surface area contributed by atoms with Crippen LogP contribution in [0.2, 0.25) is 0 Å². The first-order valence-corrected chi connectivity index (χ1v) is 5.64. The summed E-state index contributed by atoms with van der Waals surface area (Å²) in [6, 6.07) is 3.54. The van der Waals surface area contributed by atoms with Gasteiger partial charge in [0.25, 0.3) is 0 Å². The number of hydrogen-bond donors (Lipinski definition) is 3. The van der Waals surface area contributed by atoms with Crippen molar-refractivity contribution in [3.05, 3.63) is 18.3 Å². The second-order valence-electron chi connectivity index (χ2n) is 4.92. The molecule has 0 bridgehead atoms. The van der Waals surface area contributed by atoms with Crippen molar-refractivity contribution in [1.29, 1.82) is 0 Å². The Morgan fingerprint density at radius 2 is 2.18 bits per heavy atom. The molecule has 0 spiro atoms. The molecule has 1 aromatic heterocycles. The van der Waals surface area contributed by atoms with E-state index in [0.29, 0.717) is 24.5 Å². The largest absolute Gasteiger partial charge is 0.396 e. The highest BCUT2D eigenvalue weighted by atomic mass is 16.1. The highest BCUT2D eigenvalue weighted by molar-refractivity contribution is 5.77. The van der Waals surface area contributed by atoms with E-state index in [2.05, 4.69) is 15.6 Å². The predicted molar refractivity (Wildman–Crippen MR) is 69.7 cm³/mol. The molecule has 0 aliphatic carbocycles. The number of pyridine rings is 1. The Bertz CT molecular complexity index is 384. The van der Waals surface area contributed by atoms with Crippen LogP contribution in [0.1, 0.15) is 27.2 Å². The highest BCUT2D eigenvalue weighted by Gasteiger charge is 2.13. The Hall–Kier alpha value is -1.78. The van der Waals surface area contributed by atoms with E-state index in [1.807, 2.05) is 20.8 Å². The predicted octanol–water partition coefficient (Wildman–Crippen LogP) is 1.38. The van der Waals surface area contributed by atoms with Crippen molar-refractivity contribution in [2.45, 2.75) is 32.7 Å². The summed E-state index contributed by atoms with van der Waals surface area (Å²) in [5.41, 5.74) is 6.11. The number of nitrogens with two attached hydrogens (primary N) is 1. The molecule has 17 heavy (non-hydrogen) atoms. The molecule has 1 aromatic rings. The van der Waals surface area contributed by atoms with Gasteiger partial charge >= 0.3 is 0 Å². The zero-order chi connectivity index (χ0) is 12.9. The van der Waals surface area contributed by atoms with Gasteiger partial charge < -0.3 is 16.4 Å². The Morgan fingerprint density at radius 1 is 1.47 bits per heavy atom. The van der Waals surface area contributed by atoms with Crippen LogP contribution in [0.4, 0.5) is 11.5 Å². The third-order valence-electron chi connectivity index (χ3n) is 2.00. The van der Waals surface area contributed by atoms with E-state index in [4.69, 9.17) is 5.73 Å². The van der Waals surface area contributed by atoms with Gasteiger partial charge in [-0.1, -0.05) is 0 Å². The lowest BCUT2D eigenvalue weighted by molar-refractivity contribution is -0.122. The summed E-state index contributed by atoms with van der Waals surface area (Å²) in [6.07, 6.45) is 2.06. The summed E-state index contributed by atoms with van der Waals surface area (Å²) in [6.45, 7) is 6.38. The molecule has 1 rings (SSSR count). The minimum atomic E-state index is -0.193. The van der Waals surface area contributed by atoms with Crippen LogP contribution < -0.4 is 16.4 Å². The molecule has 5 heteroatoms. The van der Waals surface area contributed by atoms with Gasteiger partial charge in [0, 0.05) is 24.7 Å². The molecule has 94 valence electrons. The molecule has 4 N–H and O–H groups in total. The molecule has 0 fully saturated rings. The van der Waals surface area contributed by atoms with Crippen LogP contribution in [0, 0.1) is 0 Å². The molecule has 0 radical (unpaired) electrons. The van der Waals surface area contributed by atoms with Crippen LogP contribution in [0.5, 0.6) is 0 Å². The summed E-state index contributed by atoms with van der Waals surface area (Å²) in [7, 11) is 0. The van der Waals surface area contributed by atoms with Crippen molar-refractivity contribution in [2.75, 3.05) is 17.6 Å². The SMILES string of the molecule is CC(C)(C)NC(=O)CCNc1ncccc1N. The molecule has 0 saturated carbocycles. The zero-order valence-corrected chi connectivity index (χ0v) is 10.6. The van der Waals surface area contributed by atoms with Crippen LogP contribution >= 0.6 is 0 Å². The van der Waals surface area contributed by atoms with Crippen molar-refractivity contribution >= 4 is 17.4 Å². The molecule has 1 amide bonds. The average Bonchev–Trinajstić information content (AvgIpc) is 2.18. The number of amides is 1. The van der Waals surface area contributed by atoms with E-state index in [1.165, 1.54) is 0 Å². The summed E-state index contributed by atoms with van der Waals surface area (Å²) < 4.78 is 0. The van der Waals surface area contributed by atoms with Crippen LogP contribution in [-0.4, -0.2) is 23.0 Å². The second-order valence-corrected chi connectivity index (χ2v) is 4.92. The van der Waals surface area contributed by atoms with Crippen LogP contribution in [-0.2, 0) is 4.79 Å². The number of rotatable bonds is 4. The van der Waals surface area contributed by atoms with Gasteiger partial charge in [-0.15, -0.1) is 0 Å². The number of anilines is 2. The Balaban J connectivity index is 2.34. The van der Waals surface area contributed by atoms with Crippen LogP contribution in [0.25, 0.3) is 0 Å². The van der Waals surface area contributed by atoms with E-state index in [0.717, 1.165) is 0 Å². The lowest BCUT2D eigenvalue weighted by atomic mass is 10.1. The van der Waals surface area contributed by atoms with E-state index < -0.39 is 0 Å². The number of nitrogen functional groups attached to an aromatic ring is 1.